The molecular formula is C18H27NO2. The van der Waals surface area contributed by atoms with Gasteiger partial charge < -0.3 is 10.4 Å². The lowest BCUT2D eigenvalue weighted by Gasteiger charge is -2.23. The molecule has 0 heterocycles. The van der Waals surface area contributed by atoms with Gasteiger partial charge in [-0.1, -0.05) is 56.3 Å². The van der Waals surface area contributed by atoms with Crippen molar-refractivity contribution in [3.8, 4) is 0 Å². The van der Waals surface area contributed by atoms with Gasteiger partial charge in [0.25, 0.3) is 0 Å². The molecular weight excluding hydrogens is 262 g/mol. The zero-order valence-electron chi connectivity index (χ0n) is 13.3. The maximum absolute atomic E-state index is 11.7. The van der Waals surface area contributed by atoms with Gasteiger partial charge in [-0.15, -0.1) is 0 Å². The second kappa shape index (κ2) is 8.63. The lowest BCUT2D eigenvalue weighted by atomic mass is 9.96. The minimum absolute atomic E-state index is 0.0169. The topological polar surface area (TPSA) is 49.3 Å². The van der Waals surface area contributed by atoms with Gasteiger partial charge in [0, 0.05) is 19.4 Å². The molecule has 0 fully saturated rings. The highest BCUT2D eigenvalue weighted by Gasteiger charge is 2.21. The van der Waals surface area contributed by atoms with Crippen LogP contribution in [0, 0.1) is 5.92 Å². The summed E-state index contributed by atoms with van der Waals surface area (Å²) >= 11 is 0. The zero-order chi connectivity index (χ0) is 15.7. The van der Waals surface area contributed by atoms with E-state index in [9.17, 15) is 9.90 Å². The smallest absolute Gasteiger partial charge is 0.220 e. The maximum Gasteiger partial charge on any atom is 0.220 e. The molecule has 0 aliphatic heterocycles. The van der Waals surface area contributed by atoms with E-state index in [1.165, 1.54) is 0 Å². The Hall–Kier alpha value is -1.61. The highest BCUT2D eigenvalue weighted by molar-refractivity contribution is 5.76. The van der Waals surface area contributed by atoms with Crippen molar-refractivity contribution in [2.24, 2.45) is 5.92 Å². The van der Waals surface area contributed by atoms with Crippen molar-refractivity contribution in [3.63, 3.8) is 0 Å². The van der Waals surface area contributed by atoms with Gasteiger partial charge in [-0.05, 0) is 24.8 Å². The van der Waals surface area contributed by atoms with Crippen LogP contribution in [0.5, 0.6) is 0 Å². The molecule has 0 unspecified atom stereocenters. The minimum atomic E-state index is -0.926. The molecule has 0 aliphatic carbocycles. The average molecular weight is 289 g/mol. The molecule has 0 spiro atoms. The summed E-state index contributed by atoms with van der Waals surface area (Å²) in [6, 6.07) is 9.81. The fourth-order valence-electron chi connectivity index (χ4n) is 2.06. The van der Waals surface area contributed by atoms with Crippen molar-refractivity contribution < 1.29 is 9.90 Å². The Kier molecular flexibility index (Phi) is 7.17. The Labute approximate surface area is 128 Å². The molecule has 1 atom stereocenters. The molecule has 116 valence electrons. The fourth-order valence-corrected chi connectivity index (χ4v) is 2.06. The second-order valence-corrected chi connectivity index (χ2v) is 6.15. The summed E-state index contributed by atoms with van der Waals surface area (Å²) in [7, 11) is 0. The predicted molar refractivity (Wildman–Crippen MR) is 87.0 cm³/mol. The molecule has 3 heteroatoms. The summed E-state index contributed by atoms with van der Waals surface area (Å²) in [6.07, 6.45) is 5.86. The molecule has 3 nitrogen and oxygen atoms in total. The molecule has 1 aromatic carbocycles. The summed E-state index contributed by atoms with van der Waals surface area (Å²) < 4.78 is 0. The van der Waals surface area contributed by atoms with Gasteiger partial charge in [0.05, 0.1) is 5.60 Å². The highest BCUT2D eigenvalue weighted by atomic mass is 16.3. The molecule has 1 aromatic rings. The van der Waals surface area contributed by atoms with Gasteiger partial charge in [0.15, 0.2) is 0 Å². The molecule has 1 rings (SSSR count). The number of nitrogens with one attached hydrogen (secondary N) is 1. The van der Waals surface area contributed by atoms with Crippen LogP contribution in [-0.4, -0.2) is 23.2 Å². The maximum atomic E-state index is 11.7. The summed E-state index contributed by atoms with van der Waals surface area (Å²) in [5.41, 5.74) is 0.141. The summed E-state index contributed by atoms with van der Waals surface area (Å²) in [5, 5.41) is 13.1. The molecule has 0 aromatic heterocycles. The third-order valence-corrected chi connectivity index (χ3v) is 3.15. The number of aliphatic hydroxyl groups is 1. The Morgan fingerprint density at radius 1 is 1.33 bits per heavy atom. The molecule has 1 amide bonds. The predicted octanol–water partition coefficient (Wildman–Crippen LogP) is 3.09. The summed E-state index contributed by atoms with van der Waals surface area (Å²) in [4.78, 5) is 11.7. The molecule has 2 N–H and O–H groups in total. The van der Waals surface area contributed by atoms with Crippen LogP contribution in [0.15, 0.2) is 42.5 Å². The van der Waals surface area contributed by atoms with Crippen LogP contribution in [0.1, 0.15) is 39.2 Å². The first-order valence-electron chi connectivity index (χ1n) is 7.59. The molecule has 0 aliphatic rings. The number of hydrogen-bond donors (Lipinski definition) is 2. The molecule has 0 saturated heterocycles. The van der Waals surface area contributed by atoms with Crippen LogP contribution in [0.25, 0.3) is 0 Å². The number of carbonyl (C=O) groups is 1. The zero-order valence-corrected chi connectivity index (χ0v) is 13.3. The molecule has 0 saturated carbocycles. The monoisotopic (exact) mass is 289 g/mol. The standard InChI is InChI=1S/C18H27NO2/c1-15(2)9-7-8-12-17(20)19-14-18(3,21)13-16-10-5-4-6-11-16/h4-7,9-11,15,21H,8,12-14H2,1-3H3,(H,19,20)/t18-/m1/s1. The van der Waals surface area contributed by atoms with Crippen molar-refractivity contribution in [3.05, 3.63) is 48.0 Å². The molecule has 21 heavy (non-hydrogen) atoms. The Morgan fingerprint density at radius 3 is 2.62 bits per heavy atom. The van der Waals surface area contributed by atoms with Gasteiger partial charge >= 0.3 is 0 Å². The Morgan fingerprint density at radius 2 is 2.00 bits per heavy atom. The van der Waals surface area contributed by atoms with Crippen LogP contribution in [0.4, 0.5) is 0 Å². The average Bonchev–Trinajstić information content (AvgIpc) is 2.42. The third kappa shape index (κ3) is 8.30. The van der Waals surface area contributed by atoms with Crippen LogP contribution in [-0.2, 0) is 11.2 Å². The Balaban J connectivity index is 2.30. The van der Waals surface area contributed by atoms with E-state index >= 15 is 0 Å². The van der Waals surface area contributed by atoms with Crippen LogP contribution in [0.3, 0.4) is 0 Å². The van der Waals surface area contributed by atoms with E-state index in [0.717, 1.165) is 12.0 Å². The van der Waals surface area contributed by atoms with E-state index in [0.29, 0.717) is 18.8 Å². The number of carbonyl (C=O) groups excluding carboxylic acids is 1. The van der Waals surface area contributed by atoms with Gasteiger partial charge in [0.1, 0.15) is 0 Å². The van der Waals surface area contributed by atoms with Crippen LogP contribution < -0.4 is 5.32 Å². The largest absolute Gasteiger partial charge is 0.388 e. The molecule has 0 radical (unpaired) electrons. The minimum Gasteiger partial charge on any atom is -0.388 e. The van der Waals surface area contributed by atoms with Crippen molar-refractivity contribution in [2.75, 3.05) is 6.54 Å². The van der Waals surface area contributed by atoms with Crippen molar-refractivity contribution in [1.82, 2.24) is 5.32 Å². The fraction of sp³-hybridized carbons (Fsp3) is 0.500. The summed E-state index contributed by atoms with van der Waals surface area (Å²) in [6.45, 7) is 6.24. The van der Waals surface area contributed by atoms with E-state index < -0.39 is 5.60 Å². The highest BCUT2D eigenvalue weighted by Crippen LogP contribution is 2.12. The first-order valence-corrected chi connectivity index (χ1v) is 7.59. The van der Waals surface area contributed by atoms with Crippen LogP contribution >= 0.6 is 0 Å². The number of allylic oxidation sites excluding steroid dienone is 2. The van der Waals surface area contributed by atoms with Crippen LogP contribution in [0.2, 0.25) is 0 Å². The van der Waals surface area contributed by atoms with Gasteiger partial charge in [-0.3, -0.25) is 4.79 Å². The van der Waals surface area contributed by atoms with Crippen molar-refractivity contribution >= 4 is 5.91 Å². The number of rotatable bonds is 8. The van der Waals surface area contributed by atoms with Gasteiger partial charge in [-0.2, -0.15) is 0 Å². The van der Waals surface area contributed by atoms with E-state index in [-0.39, 0.29) is 12.5 Å². The number of amides is 1. The first kappa shape index (κ1) is 17.4. The van der Waals surface area contributed by atoms with Crippen molar-refractivity contribution in [2.45, 2.75) is 45.6 Å². The first-order chi connectivity index (χ1) is 9.89. The number of benzene rings is 1. The van der Waals surface area contributed by atoms with E-state index in [4.69, 9.17) is 0 Å². The molecule has 0 bridgehead atoms. The SMILES string of the molecule is CC(C)C=CCCC(=O)NC[C@](C)(O)Cc1ccccc1. The van der Waals surface area contributed by atoms with E-state index in [2.05, 4.69) is 25.2 Å². The number of hydrogen-bond acceptors (Lipinski definition) is 2. The normalized spacial score (nSPS) is 14.3. The lowest BCUT2D eigenvalue weighted by Crippen LogP contribution is -2.42. The van der Waals surface area contributed by atoms with Gasteiger partial charge in [-0.25, -0.2) is 0 Å². The Bertz CT molecular complexity index is 450. The third-order valence-electron chi connectivity index (χ3n) is 3.15. The second-order valence-electron chi connectivity index (χ2n) is 6.15. The quantitative estimate of drug-likeness (QED) is 0.723. The van der Waals surface area contributed by atoms with Crippen molar-refractivity contribution in [1.29, 1.82) is 0 Å². The summed E-state index contributed by atoms with van der Waals surface area (Å²) in [5.74, 6) is 0.497. The van der Waals surface area contributed by atoms with Gasteiger partial charge in [0.2, 0.25) is 5.91 Å². The van der Waals surface area contributed by atoms with E-state index in [1.807, 2.05) is 36.4 Å². The van der Waals surface area contributed by atoms with E-state index in [1.54, 1.807) is 6.92 Å². The lowest BCUT2D eigenvalue weighted by molar-refractivity contribution is -0.122.